The molecule has 4 heterocycles. The first kappa shape index (κ1) is 13.2. The van der Waals surface area contributed by atoms with E-state index in [2.05, 4.69) is 46.4 Å². The molecule has 0 aliphatic rings. The zero-order chi connectivity index (χ0) is 14.9. The number of nitrogens with one attached hydrogen (secondary N) is 1. The van der Waals surface area contributed by atoms with Gasteiger partial charge in [-0.25, -0.2) is 4.98 Å². The molecule has 5 heteroatoms. The Kier molecular flexibility index (Phi) is 3.20. The van der Waals surface area contributed by atoms with Gasteiger partial charge in [-0.05, 0) is 48.2 Å². The van der Waals surface area contributed by atoms with Crippen molar-refractivity contribution in [2.75, 3.05) is 5.32 Å². The summed E-state index contributed by atoms with van der Waals surface area (Å²) in [5.74, 6) is 1.90. The van der Waals surface area contributed by atoms with E-state index in [-0.39, 0.29) is 0 Å². The van der Waals surface area contributed by atoms with Gasteiger partial charge in [-0.2, -0.15) is 0 Å². The normalized spacial score (nSPS) is 11.1. The van der Waals surface area contributed by atoms with Gasteiger partial charge in [0.05, 0.1) is 17.7 Å². The van der Waals surface area contributed by atoms with Crippen molar-refractivity contribution >= 4 is 22.8 Å². The van der Waals surface area contributed by atoms with Crippen LogP contribution in [0.1, 0.15) is 11.3 Å². The van der Waals surface area contributed by atoms with E-state index in [0.717, 1.165) is 27.8 Å². The number of aromatic nitrogens is 2. The lowest BCUT2D eigenvalue weighted by Gasteiger charge is -2.06. The van der Waals surface area contributed by atoms with E-state index in [1.54, 1.807) is 17.6 Å². The van der Waals surface area contributed by atoms with Crippen LogP contribution < -0.4 is 5.32 Å². The number of furan rings is 1. The summed E-state index contributed by atoms with van der Waals surface area (Å²) in [5, 5.41) is 5.53. The Labute approximate surface area is 132 Å². The second kappa shape index (κ2) is 5.35. The SMILES string of the molecule is Cc1ccn2c(NCc3ccco3)c(-c3cccs3)nc2c1. The Hall–Kier alpha value is -2.53. The monoisotopic (exact) mass is 309 g/mol. The average Bonchev–Trinajstić information content (AvgIpc) is 3.25. The molecule has 22 heavy (non-hydrogen) atoms. The zero-order valence-corrected chi connectivity index (χ0v) is 12.9. The van der Waals surface area contributed by atoms with E-state index in [1.807, 2.05) is 18.2 Å². The summed E-state index contributed by atoms with van der Waals surface area (Å²) in [6.45, 7) is 2.71. The quantitative estimate of drug-likeness (QED) is 0.600. The molecule has 0 aliphatic carbocycles. The van der Waals surface area contributed by atoms with Gasteiger partial charge < -0.3 is 9.73 Å². The molecule has 0 radical (unpaired) electrons. The van der Waals surface area contributed by atoms with Crippen molar-refractivity contribution in [3.8, 4) is 10.6 Å². The first-order valence-electron chi connectivity index (χ1n) is 7.10. The summed E-state index contributed by atoms with van der Waals surface area (Å²) < 4.78 is 7.49. The maximum absolute atomic E-state index is 5.40. The Morgan fingerprint density at radius 1 is 1.27 bits per heavy atom. The lowest BCUT2D eigenvalue weighted by molar-refractivity contribution is 0.518. The van der Waals surface area contributed by atoms with E-state index < -0.39 is 0 Å². The van der Waals surface area contributed by atoms with Crippen LogP contribution in [-0.2, 0) is 6.54 Å². The van der Waals surface area contributed by atoms with Gasteiger partial charge in [0, 0.05) is 6.20 Å². The fourth-order valence-corrected chi connectivity index (χ4v) is 3.20. The summed E-state index contributed by atoms with van der Waals surface area (Å²) in [7, 11) is 0. The van der Waals surface area contributed by atoms with Gasteiger partial charge in [-0.3, -0.25) is 4.40 Å². The highest BCUT2D eigenvalue weighted by Gasteiger charge is 2.15. The van der Waals surface area contributed by atoms with Crippen LogP contribution in [0.25, 0.3) is 16.2 Å². The number of imidazole rings is 1. The standard InChI is InChI=1S/C17H15N3OS/c1-12-6-7-20-15(10-12)19-16(14-5-3-9-22-14)17(20)18-11-13-4-2-8-21-13/h2-10,18H,11H2,1H3. The van der Waals surface area contributed by atoms with Crippen LogP contribution in [-0.4, -0.2) is 9.38 Å². The molecule has 0 saturated carbocycles. The van der Waals surface area contributed by atoms with Gasteiger partial charge in [0.2, 0.25) is 0 Å². The molecule has 4 nitrogen and oxygen atoms in total. The van der Waals surface area contributed by atoms with Crippen molar-refractivity contribution in [3.63, 3.8) is 0 Å². The molecule has 0 amide bonds. The number of anilines is 1. The van der Waals surface area contributed by atoms with Gasteiger partial charge in [0.25, 0.3) is 0 Å². The molecular weight excluding hydrogens is 294 g/mol. The predicted octanol–water partition coefficient (Wildman–Crippen LogP) is 4.58. The minimum atomic E-state index is 0.632. The van der Waals surface area contributed by atoms with Gasteiger partial charge >= 0.3 is 0 Å². The molecule has 0 aromatic carbocycles. The van der Waals surface area contributed by atoms with E-state index in [1.165, 1.54) is 5.56 Å². The van der Waals surface area contributed by atoms with Crippen LogP contribution >= 0.6 is 11.3 Å². The molecule has 0 spiro atoms. The van der Waals surface area contributed by atoms with Crippen LogP contribution in [0.2, 0.25) is 0 Å². The van der Waals surface area contributed by atoms with Crippen LogP contribution in [0.4, 0.5) is 5.82 Å². The summed E-state index contributed by atoms with van der Waals surface area (Å²) >= 11 is 1.69. The molecule has 0 bridgehead atoms. The van der Waals surface area contributed by atoms with Gasteiger partial charge in [-0.15, -0.1) is 11.3 Å². The molecule has 4 aromatic heterocycles. The molecule has 0 fully saturated rings. The number of pyridine rings is 1. The highest BCUT2D eigenvalue weighted by atomic mass is 32.1. The third kappa shape index (κ3) is 2.29. The van der Waals surface area contributed by atoms with Crippen LogP contribution in [0, 0.1) is 6.92 Å². The van der Waals surface area contributed by atoms with Crippen molar-refractivity contribution in [1.29, 1.82) is 0 Å². The Balaban J connectivity index is 1.80. The predicted molar refractivity (Wildman–Crippen MR) is 89.3 cm³/mol. The molecule has 0 atom stereocenters. The third-order valence-corrected chi connectivity index (χ3v) is 4.42. The molecule has 0 aliphatic heterocycles. The first-order chi connectivity index (χ1) is 10.8. The third-order valence-electron chi connectivity index (χ3n) is 3.55. The molecule has 4 aromatic rings. The maximum atomic E-state index is 5.40. The minimum absolute atomic E-state index is 0.632. The minimum Gasteiger partial charge on any atom is -0.467 e. The van der Waals surface area contributed by atoms with E-state index in [0.29, 0.717) is 6.54 Å². The number of aryl methyl sites for hydroxylation is 1. The number of hydrogen-bond acceptors (Lipinski definition) is 4. The highest BCUT2D eigenvalue weighted by Crippen LogP contribution is 2.32. The van der Waals surface area contributed by atoms with Crippen molar-refractivity contribution in [3.05, 3.63) is 65.6 Å². The Morgan fingerprint density at radius 2 is 2.23 bits per heavy atom. The lowest BCUT2D eigenvalue weighted by atomic mass is 10.3. The van der Waals surface area contributed by atoms with Crippen molar-refractivity contribution in [1.82, 2.24) is 9.38 Å². The summed E-state index contributed by atoms with van der Waals surface area (Å²) in [4.78, 5) is 5.95. The summed E-state index contributed by atoms with van der Waals surface area (Å²) in [5.41, 5.74) is 3.13. The molecule has 110 valence electrons. The number of thiophene rings is 1. The second-order valence-electron chi connectivity index (χ2n) is 5.15. The first-order valence-corrected chi connectivity index (χ1v) is 7.98. The van der Waals surface area contributed by atoms with E-state index in [4.69, 9.17) is 9.40 Å². The van der Waals surface area contributed by atoms with E-state index >= 15 is 0 Å². The molecule has 1 N–H and O–H groups in total. The fourth-order valence-electron chi connectivity index (χ4n) is 2.48. The van der Waals surface area contributed by atoms with Crippen LogP contribution in [0.15, 0.2) is 58.7 Å². The zero-order valence-electron chi connectivity index (χ0n) is 12.1. The Bertz CT molecular complexity index is 892. The smallest absolute Gasteiger partial charge is 0.140 e. The molecule has 4 rings (SSSR count). The maximum Gasteiger partial charge on any atom is 0.140 e. The highest BCUT2D eigenvalue weighted by molar-refractivity contribution is 7.13. The number of rotatable bonds is 4. The van der Waals surface area contributed by atoms with Crippen LogP contribution in [0.5, 0.6) is 0 Å². The number of hydrogen-bond donors (Lipinski definition) is 1. The topological polar surface area (TPSA) is 42.5 Å². The number of nitrogens with zero attached hydrogens (tertiary/aromatic N) is 2. The molecule has 0 saturated heterocycles. The lowest BCUT2D eigenvalue weighted by Crippen LogP contribution is -2.02. The van der Waals surface area contributed by atoms with E-state index in [9.17, 15) is 0 Å². The van der Waals surface area contributed by atoms with Crippen molar-refractivity contribution < 1.29 is 4.42 Å². The Morgan fingerprint density at radius 3 is 3.00 bits per heavy atom. The average molecular weight is 309 g/mol. The largest absolute Gasteiger partial charge is 0.467 e. The molecule has 0 unspecified atom stereocenters. The summed E-state index contributed by atoms with van der Waals surface area (Å²) in [6, 6.07) is 12.2. The summed E-state index contributed by atoms with van der Waals surface area (Å²) in [6.07, 6.45) is 3.74. The van der Waals surface area contributed by atoms with Gasteiger partial charge in [0.1, 0.15) is 22.9 Å². The fraction of sp³-hybridized carbons (Fsp3) is 0.118. The van der Waals surface area contributed by atoms with Gasteiger partial charge in [0.15, 0.2) is 0 Å². The van der Waals surface area contributed by atoms with Gasteiger partial charge in [-0.1, -0.05) is 6.07 Å². The van der Waals surface area contributed by atoms with Crippen molar-refractivity contribution in [2.45, 2.75) is 13.5 Å². The number of fused-ring (bicyclic) bond motifs is 1. The molecular formula is C17H15N3OS. The van der Waals surface area contributed by atoms with Crippen LogP contribution in [0.3, 0.4) is 0 Å². The van der Waals surface area contributed by atoms with Crippen molar-refractivity contribution in [2.24, 2.45) is 0 Å². The second-order valence-corrected chi connectivity index (χ2v) is 6.10.